The Balaban J connectivity index is 2.87. The molecule has 1 aromatic rings. The van der Waals surface area contributed by atoms with Gasteiger partial charge in [-0.3, -0.25) is 4.98 Å². The average molecular weight is 137 g/mol. The monoisotopic (exact) mass is 137 g/mol. The summed E-state index contributed by atoms with van der Waals surface area (Å²) >= 11 is 0. The molecule has 0 aliphatic heterocycles. The van der Waals surface area contributed by atoms with Crippen molar-refractivity contribution in [2.24, 2.45) is 5.84 Å². The van der Waals surface area contributed by atoms with Gasteiger partial charge in [-0.2, -0.15) is 5.84 Å². The maximum atomic E-state index is 10.2. The number of rotatable bonds is 1. The van der Waals surface area contributed by atoms with Crippen LogP contribution in [0.2, 0.25) is 0 Å². The Kier molecular flexibility index (Phi) is 1.84. The molecule has 0 atom stereocenters. The van der Waals surface area contributed by atoms with E-state index in [-0.39, 0.29) is 4.85 Å². The minimum absolute atomic E-state index is 0.225. The van der Waals surface area contributed by atoms with Crippen molar-refractivity contribution >= 4 is 6.21 Å². The lowest BCUT2D eigenvalue weighted by Gasteiger charge is -1.91. The Bertz CT molecular complexity index is 228. The van der Waals surface area contributed by atoms with Crippen molar-refractivity contribution in [2.75, 3.05) is 0 Å². The first kappa shape index (κ1) is 6.54. The Labute approximate surface area is 58.2 Å². The summed E-state index contributed by atoms with van der Waals surface area (Å²) in [4.78, 5) is 4.07. The molecule has 0 spiro atoms. The maximum Gasteiger partial charge on any atom is 0.232 e. The molecule has 0 bridgehead atoms. The molecule has 1 aromatic heterocycles. The standard InChI is InChI=1S/C6H7N3O/c7-9(10)5-6-3-1-2-4-8-6/h1-5H,7H2/b9-5+. The Morgan fingerprint density at radius 2 is 2.40 bits per heavy atom. The quantitative estimate of drug-likeness (QED) is 0.193. The molecule has 0 aromatic carbocycles. The lowest BCUT2D eigenvalue weighted by atomic mass is 10.4. The molecular formula is C6H7N3O. The number of pyridine rings is 1. The molecule has 0 amide bonds. The van der Waals surface area contributed by atoms with Crippen LogP contribution in [0.3, 0.4) is 0 Å². The highest BCUT2D eigenvalue weighted by molar-refractivity contribution is 5.72. The Hall–Kier alpha value is -1.58. The van der Waals surface area contributed by atoms with Gasteiger partial charge in [-0.25, -0.2) is 0 Å². The molecule has 10 heavy (non-hydrogen) atoms. The predicted molar refractivity (Wildman–Crippen MR) is 37.2 cm³/mol. The van der Waals surface area contributed by atoms with Gasteiger partial charge in [0, 0.05) is 6.20 Å². The highest BCUT2D eigenvalue weighted by atomic mass is 16.5. The summed E-state index contributed by atoms with van der Waals surface area (Å²) in [6.45, 7) is 0. The van der Waals surface area contributed by atoms with E-state index in [0.29, 0.717) is 5.69 Å². The van der Waals surface area contributed by atoms with Gasteiger partial charge in [0.1, 0.15) is 5.69 Å². The van der Waals surface area contributed by atoms with Crippen molar-refractivity contribution in [3.05, 3.63) is 35.3 Å². The molecule has 0 unspecified atom stereocenters. The second kappa shape index (κ2) is 2.82. The van der Waals surface area contributed by atoms with Crippen molar-refractivity contribution in [1.29, 1.82) is 0 Å². The van der Waals surface area contributed by atoms with Crippen LogP contribution in [0.15, 0.2) is 24.4 Å². The molecule has 0 fully saturated rings. The van der Waals surface area contributed by atoms with E-state index in [1.54, 1.807) is 24.4 Å². The third kappa shape index (κ3) is 1.74. The Morgan fingerprint density at radius 3 is 2.90 bits per heavy atom. The molecular weight excluding hydrogens is 130 g/mol. The van der Waals surface area contributed by atoms with E-state index in [1.807, 2.05) is 0 Å². The van der Waals surface area contributed by atoms with Gasteiger partial charge in [-0.15, -0.1) is 0 Å². The van der Waals surface area contributed by atoms with Crippen molar-refractivity contribution in [2.45, 2.75) is 0 Å². The van der Waals surface area contributed by atoms with Gasteiger partial charge in [0.15, 0.2) is 0 Å². The van der Waals surface area contributed by atoms with Gasteiger partial charge in [0.05, 0.1) is 0 Å². The summed E-state index contributed by atoms with van der Waals surface area (Å²) < 4.78 is 0. The van der Waals surface area contributed by atoms with E-state index in [1.165, 1.54) is 6.21 Å². The molecule has 0 aliphatic rings. The van der Waals surface area contributed by atoms with Gasteiger partial charge in [0.25, 0.3) is 0 Å². The molecule has 1 rings (SSSR count). The summed E-state index contributed by atoms with van der Waals surface area (Å²) in [7, 11) is 0. The van der Waals surface area contributed by atoms with Crippen LogP contribution in [0.25, 0.3) is 0 Å². The fourth-order valence-electron chi connectivity index (χ4n) is 0.583. The van der Waals surface area contributed by atoms with Crippen LogP contribution in [-0.4, -0.2) is 16.0 Å². The van der Waals surface area contributed by atoms with E-state index in [9.17, 15) is 5.21 Å². The van der Waals surface area contributed by atoms with Gasteiger partial charge >= 0.3 is 0 Å². The van der Waals surface area contributed by atoms with E-state index >= 15 is 0 Å². The first-order chi connectivity index (χ1) is 4.79. The molecule has 0 saturated carbocycles. The highest BCUT2D eigenvalue weighted by Crippen LogP contribution is 1.86. The van der Waals surface area contributed by atoms with Crippen molar-refractivity contribution in [3.63, 3.8) is 0 Å². The van der Waals surface area contributed by atoms with Crippen LogP contribution >= 0.6 is 0 Å². The summed E-state index contributed by atoms with van der Waals surface area (Å²) in [5.41, 5.74) is 0.556. The van der Waals surface area contributed by atoms with Crippen LogP contribution in [0.5, 0.6) is 0 Å². The highest BCUT2D eigenvalue weighted by Gasteiger charge is 1.89. The molecule has 0 saturated heterocycles. The van der Waals surface area contributed by atoms with Crippen molar-refractivity contribution in [1.82, 2.24) is 4.98 Å². The second-order valence-corrected chi connectivity index (χ2v) is 1.74. The van der Waals surface area contributed by atoms with Crippen LogP contribution in [0.4, 0.5) is 0 Å². The van der Waals surface area contributed by atoms with Crippen molar-refractivity contribution < 1.29 is 4.85 Å². The minimum atomic E-state index is 0.225. The number of hydrazone groups is 1. The number of nitrogens with zero attached hydrogens (tertiary/aromatic N) is 2. The fraction of sp³-hybridized carbons (Fsp3) is 0. The zero-order valence-corrected chi connectivity index (χ0v) is 5.27. The lowest BCUT2D eigenvalue weighted by Crippen LogP contribution is -2.13. The number of hydrazine groups is 1. The Morgan fingerprint density at radius 1 is 1.60 bits per heavy atom. The van der Waals surface area contributed by atoms with E-state index in [0.717, 1.165) is 0 Å². The number of hydrogen-bond donors (Lipinski definition) is 1. The SMILES string of the molecule is N/[N+]([O-])=C\c1ccccn1. The lowest BCUT2D eigenvalue weighted by molar-refractivity contribution is -0.464. The molecule has 2 N–H and O–H groups in total. The van der Waals surface area contributed by atoms with E-state index in [4.69, 9.17) is 5.84 Å². The first-order valence-corrected chi connectivity index (χ1v) is 2.76. The largest absolute Gasteiger partial charge is 0.597 e. The molecule has 4 nitrogen and oxygen atoms in total. The second-order valence-electron chi connectivity index (χ2n) is 1.74. The molecule has 52 valence electrons. The van der Waals surface area contributed by atoms with Gasteiger partial charge < -0.3 is 5.21 Å². The van der Waals surface area contributed by atoms with Crippen LogP contribution in [0, 0.1) is 5.21 Å². The number of aromatic nitrogens is 1. The summed E-state index contributed by atoms with van der Waals surface area (Å²) in [5, 5.41) is 10.2. The fourth-order valence-corrected chi connectivity index (χ4v) is 0.583. The third-order valence-electron chi connectivity index (χ3n) is 0.947. The average Bonchev–Trinajstić information content (AvgIpc) is 1.88. The smallest absolute Gasteiger partial charge is 0.232 e. The van der Waals surface area contributed by atoms with Crippen molar-refractivity contribution in [3.8, 4) is 0 Å². The molecule has 4 heteroatoms. The third-order valence-corrected chi connectivity index (χ3v) is 0.947. The summed E-state index contributed by atoms with van der Waals surface area (Å²) in [6, 6.07) is 5.24. The topological polar surface area (TPSA) is 65.0 Å². The molecule has 0 radical (unpaired) electrons. The number of hydrogen-bond acceptors (Lipinski definition) is 3. The van der Waals surface area contributed by atoms with E-state index in [2.05, 4.69) is 4.98 Å². The zero-order chi connectivity index (χ0) is 7.40. The van der Waals surface area contributed by atoms with Crippen LogP contribution in [0.1, 0.15) is 5.69 Å². The number of nitrogens with two attached hydrogens (primary N) is 1. The predicted octanol–water partition coefficient (Wildman–Crippen LogP) is -0.116. The van der Waals surface area contributed by atoms with Crippen LogP contribution in [-0.2, 0) is 0 Å². The molecule has 0 aliphatic carbocycles. The van der Waals surface area contributed by atoms with Gasteiger partial charge in [-0.05, 0) is 12.1 Å². The molecule has 1 heterocycles. The van der Waals surface area contributed by atoms with Gasteiger partial charge in [0.2, 0.25) is 6.21 Å². The summed E-state index contributed by atoms with van der Waals surface area (Å²) in [6.07, 6.45) is 2.79. The van der Waals surface area contributed by atoms with Gasteiger partial charge in [-0.1, -0.05) is 10.9 Å². The maximum absolute atomic E-state index is 10.2. The van der Waals surface area contributed by atoms with Crippen LogP contribution < -0.4 is 5.84 Å². The normalized spacial score (nSPS) is 11.4. The van der Waals surface area contributed by atoms with E-state index < -0.39 is 0 Å². The zero-order valence-electron chi connectivity index (χ0n) is 5.27. The minimum Gasteiger partial charge on any atom is -0.597 e. The first-order valence-electron chi connectivity index (χ1n) is 2.76. The summed E-state index contributed by atoms with van der Waals surface area (Å²) in [5.74, 6) is 4.81.